The summed E-state index contributed by atoms with van der Waals surface area (Å²) in [5.74, 6) is 0.179. The number of hydrogen-bond donors (Lipinski definition) is 2. The number of hydrogen-bond acceptors (Lipinski definition) is 4. The summed E-state index contributed by atoms with van der Waals surface area (Å²) in [7, 11) is 0. The first-order chi connectivity index (χ1) is 10.5. The van der Waals surface area contributed by atoms with Crippen molar-refractivity contribution in [3.8, 4) is 11.4 Å². The van der Waals surface area contributed by atoms with Crippen LogP contribution in [0, 0.1) is 10.1 Å². The average Bonchev–Trinajstić information content (AvgIpc) is 2.90. The van der Waals surface area contributed by atoms with Crippen LogP contribution in [0.4, 0.5) is 11.4 Å². The Morgan fingerprint density at radius 3 is 2.73 bits per heavy atom. The summed E-state index contributed by atoms with van der Waals surface area (Å²) in [5.41, 5.74) is 2.21. The molecule has 0 aliphatic carbocycles. The van der Waals surface area contributed by atoms with E-state index in [9.17, 15) is 14.9 Å². The third kappa shape index (κ3) is 2.51. The van der Waals surface area contributed by atoms with Gasteiger partial charge in [-0.05, 0) is 24.3 Å². The van der Waals surface area contributed by atoms with Gasteiger partial charge in [0.05, 0.1) is 16.0 Å². The Bertz CT molecular complexity index is 852. The SMILES string of the molecule is CC(=O)Nc1ccc(-c2nc3ccccc3[nH]2)cc1[N+](=O)[O-]. The zero-order chi connectivity index (χ0) is 15.7. The Labute approximate surface area is 125 Å². The predicted octanol–water partition coefficient (Wildman–Crippen LogP) is 3.10. The molecule has 22 heavy (non-hydrogen) atoms. The van der Waals surface area contributed by atoms with Gasteiger partial charge >= 0.3 is 0 Å². The van der Waals surface area contributed by atoms with Crippen LogP contribution in [-0.2, 0) is 4.79 Å². The highest BCUT2D eigenvalue weighted by molar-refractivity contribution is 5.92. The van der Waals surface area contributed by atoms with Gasteiger partial charge in [-0.3, -0.25) is 14.9 Å². The van der Waals surface area contributed by atoms with Gasteiger partial charge in [-0.2, -0.15) is 0 Å². The minimum absolute atomic E-state index is 0.164. The maximum Gasteiger partial charge on any atom is 0.293 e. The molecule has 1 amide bonds. The number of nitrogens with one attached hydrogen (secondary N) is 2. The summed E-state index contributed by atoms with van der Waals surface area (Å²) in [6.45, 7) is 1.30. The number of anilines is 1. The number of amides is 1. The average molecular weight is 296 g/mol. The molecule has 2 aromatic carbocycles. The van der Waals surface area contributed by atoms with Gasteiger partial charge in [0, 0.05) is 18.6 Å². The van der Waals surface area contributed by atoms with Gasteiger partial charge in [0.25, 0.3) is 5.69 Å². The number of carbonyl (C=O) groups excluding carboxylic acids is 1. The first kappa shape index (κ1) is 13.7. The molecule has 0 spiro atoms. The molecule has 1 heterocycles. The van der Waals surface area contributed by atoms with E-state index in [1.807, 2.05) is 24.3 Å². The lowest BCUT2D eigenvalue weighted by Gasteiger charge is -2.05. The summed E-state index contributed by atoms with van der Waals surface area (Å²) < 4.78 is 0. The third-order valence-electron chi connectivity index (χ3n) is 3.17. The smallest absolute Gasteiger partial charge is 0.293 e. The molecule has 0 aliphatic rings. The Balaban J connectivity index is 2.09. The first-order valence-corrected chi connectivity index (χ1v) is 6.56. The Hall–Kier alpha value is -3.22. The maximum absolute atomic E-state index is 11.2. The van der Waals surface area contributed by atoms with Gasteiger partial charge in [0.1, 0.15) is 11.5 Å². The number of nitrogens with zero attached hydrogens (tertiary/aromatic N) is 2. The molecule has 0 unspecified atom stereocenters. The first-order valence-electron chi connectivity index (χ1n) is 6.56. The molecule has 0 aliphatic heterocycles. The highest BCUT2D eigenvalue weighted by Gasteiger charge is 2.17. The van der Waals surface area contributed by atoms with E-state index in [1.54, 1.807) is 6.07 Å². The van der Waals surface area contributed by atoms with Crippen molar-refractivity contribution in [1.29, 1.82) is 0 Å². The van der Waals surface area contributed by atoms with Crippen LogP contribution in [0.1, 0.15) is 6.92 Å². The maximum atomic E-state index is 11.2. The van der Waals surface area contributed by atoms with Crippen LogP contribution in [0.25, 0.3) is 22.4 Å². The van der Waals surface area contributed by atoms with Crippen molar-refractivity contribution in [1.82, 2.24) is 9.97 Å². The Morgan fingerprint density at radius 1 is 1.27 bits per heavy atom. The number of carbonyl (C=O) groups is 1. The monoisotopic (exact) mass is 296 g/mol. The van der Waals surface area contributed by atoms with Crippen LogP contribution in [-0.4, -0.2) is 20.8 Å². The lowest BCUT2D eigenvalue weighted by Crippen LogP contribution is -2.08. The minimum atomic E-state index is -0.530. The number of nitro groups is 1. The summed E-state index contributed by atoms with van der Waals surface area (Å²) in [6.07, 6.45) is 0. The lowest BCUT2D eigenvalue weighted by atomic mass is 10.1. The van der Waals surface area contributed by atoms with Crippen LogP contribution >= 0.6 is 0 Å². The van der Waals surface area contributed by atoms with Gasteiger partial charge in [-0.1, -0.05) is 12.1 Å². The quantitative estimate of drug-likeness (QED) is 0.572. The topological polar surface area (TPSA) is 101 Å². The van der Waals surface area contributed by atoms with E-state index in [0.29, 0.717) is 11.4 Å². The van der Waals surface area contributed by atoms with Gasteiger partial charge in [-0.15, -0.1) is 0 Å². The highest BCUT2D eigenvalue weighted by atomic mass is 16.6. The summed E-state index contributed by atoms with van der Waals surface area (Å²) in [4.78, 5) is 29.3. The van der Waals surface area contributed by atoms with Gasteiger partial charge in [-0.25, -0.2) is 4.98 Å². The number of benzene rings is 2. The molecule has 2 N–H and O–H groups in total. The number of rotatable bonds is 3. The standard InChI is InChI=1S/C15H12N4O3/c1-9(20)16-13-7-6-10(8-14(13)19(21)22)15-17-11-4-2-3-5-12(11)18-15/h2-8H,1H3,(H,16,20)(H,17,18). The molecule has 0 bridgehead atoms. The normalized spacial score (nSPS) is 10.6. The summed E-state index contributed by atoms with van der Waals surface area (Å²) in [5, 5.41) is 13.6. The molecule has 0 saturated carbocycles. The van der Waals surface area contributed by atoms with E-state index in [0.717, 1.165) is 11.0 Å². The fraction of sp³-hybridized carbons (Fsp3) is 0.0667. The molecular weight excluding hydrogens is 284 g/mol. The fourth-order valence-corrected chi connectivity index (χ4v) is 2.21. The predicted molar refractivity (Wildman–Crippen MR) is 82.5 cm³/mol. The molecule has 3 rings (SSSR count). The molecular formula is C15H12N4O3. The van der Waals surface area contributed by atoms with Crippen LogP contribution < -0.4 is 5.32 Å². The van der Waals surface area contributed by atoms with E-state index in [1.165, 1.54) is 19.1 Å². The molecule has 1 aromatic heterocycles. The number of para-hydroxylation sites is 2. The summed E-state index contributed by atoms with van der Waals surface area (Å²) >= 11 is 0. The molecule has 0 fully saturated rings. The summed E-state index contributed by atoms with van der Waals surface area (Å²) in [6, 6.07) is 12.1. The Morgan fingerprint density at radius 2 is 2.05 bits per heavy atom. The second kappa shape index (κ2) is 5.28. The number of aromatic nitrogens is 2. The van der Waals surface area contributed by atoms with Crippen molar-refractivity contribution in [3.05, 3.63) is 52.6 Å². The van der Waals surface area contributed by atoms with E-state index in [4.69, 9.17) is 0 Å². The van der Waals surface area contributed by atoms with Gasteiger partial charge < -0.3 is 10.3 Å². The van der Waals surface area contributed by atoms with Crippen molar-refractivity contribution >= 4 is 28.3 Å². The fourth-order valence-electron chi connectivity index (χ4n) is 2.21. The number of aromatic amines is 1. The second-order valence-corrected chi connectivity index (χ2v) is 4.77. The Kier molecular flexibility index (Phi) is 3.30. The van der Waals surface area contributed by atoms with E-state index < -0.39 is 4.92 Å². The van der Waals surface area contributed by atoms with Crippen LogP contribution in [0.15, 0.2) is 42.5 Å². The molecule has 3 aromatic rings. The van der Waals surface area contributed by atoms with Crippen molar-refractivity contribution < 1.29 is 9.72 Å². The van der Waals surface area contributed by atoms with Crippen molar-refractivity contribution in [2.75, 3.05) is 5.32 Å². The highest BCUT2D eigenvalue weighted by Crippen LogP contribution is 2.30. The third-order valence-corrected chi connectivity index (χ3v) is 3.17. The number of fused-ring (bicyclic) bond motifs is 1. The van der Waals surface area contributed by atoms with Crippen LogP contribution in [0.2, 0.25) is 0 Å². The molecule has 0 atom stereocenters. The largest absolute Gasteiger partial charge is 0.338 e. The van der Waals surface area contributed by atoms with E-state index in [2.05, 4.69) is 15.3 Å². The minimum Gasteiger partial charge on any atom is -0.338 e. The zero-order valence-electron chi connectivity index (χ0n) is 11.7. The number of nitro benzene ring substituents is 1. The van der Waals surface area contributed by atoms with Crippen molar-refractivity contribution in [2.24, 2.45) is 0 Å². The van der Waals surface area contributed by atoms with Crippen LogP contribution in [0.3, 0.4) is 0 Å². The van der Waals surface area contributed by atoms with Gasteiger partial charge in [0.15, 0.2) is 0 Å². The van der Waals surface area contributed by atoms with Crippen molar-refractivity contribution in [2.45, 2.75) is 6.92 Å². The zero-order valence-corrected chi connectivity index (χ0v) is 11.7. The molecule has 0 saturated heterocycles. The second-order valence-electron chi connectivity index (χ2n) is 4.77. The molecule has 110 valence electrons. The van der Waals surface area contributed by atoms with Gasteiger partial charge in [0.2, 0.25) is 5.91 Å². The van der Waals surface area contributed by atoms with E-state index >= 15 is 0 Å². The van der Waals surface area contributed by atoms with E-state index in [-0.39, 0.29) is 17.3 Å². The van der Waals surface area contributed by atoms with Crippen molar-refractivity contribution in [3.63, 3.8) is 0 Å². The molecule has 0 radical (unpaired) electrons. The van der Waals surface area contributed by atoms with Crippen LogP contribution in [0.5, 0.6) is 0 Å². The number of H-pyrrole nitrogens is 1. The molecule has 7 nitrogen and oxygen atoms in total. The number of imidazole rings is 1. The molecule has 7 heteroatoms. The lowest BCUT2D eigenvalue weighted by molar-refractivity contribution is -0.383.